The van der Waals surface area contributed by atoms with E-state index in [1.54, 1.807) is 20.8 Å². The molecule has 0 radical (unpaired) electrons. The van der Waals surface area contributed by atoms with Crippen molar-refractivity contribution in [1.82, 2.24) is 0 Å². The molecule has 0 spiro atoms. The number of carboxylic acid groups (broad SMARTS) is 1. The molecule has 1 N–H and O–H groups in total. The van der Waals surface area contributed by atoms with E-state index in [0.717, 1.165) is 44.9 Å². The molecule has 4 aliphatic rings. The van der Waals surface area contributed by atoms with E-state index >= 15 is 0 Å². The van der Waals surface area contributed by atoms with Crippen molar-refractivity contribution in [3.8, 4) is 0 Å². The van der Waals surface area contributed by atoms with Gasteiger partial charge >= 0.3 is 29.8 Å². The molecule has 2 bridgehead atoms. The molecule has 48 heavy (non-hydrogen) atoms. The highest BCUT2D eigenvalue weighted by Crippen LogP contribution is 2.55. The Balaban J connectivity index is 0.000000253. The van der Waals surface area contributed by atoms with Crippen LogP contribution in [0, 0.1) is 34.0 Å². The van der Waals surface area contributed by atoms with E-state index in [1.165, 1.54) is 19.3 Å². The van der Waals surface area contributed by atoms with Gasteiger partial charge < -0.3 is 24.1 Å². The van der Waals surface area contributed by atoms with Crippen LogP contribution in [0.2, 0.25) is 0 Å². The number of carbonyl (C=O) groups excluding carboxylic acids is 4. The van der Waals surface area contributed by atoms with Gasteiger partial charge in [0.2, 0.25) is 0 Å². The van der Waals surface area contributed by atoms with E-state index in [1.807, 2.05) is 48.5 Å². The third-order valence-electron chi connectivity index (χ3n) is 11.5. The molecule has 1 saturated heterocycles. The number of rotatable bonds is 12. The van der Waals surface area contributed by atoms with Crippen LogP contribution in [0.5, 0.6) is 0 Å². The second kappa shape index (κ2) is 16.8. The molecular weight excluding hydrogens is 616 g/mol. The largest absolute Gasteiger partial charge is 0.481 e. The predicted molar refractivity (Wildman–Crippen MR) is 182 cm³/mol. The molecule has 1 heterocycles. The van der Waals surface area contributed by atoms with E-state index in [-0.39, 0.29) is 59.4 Å². The predicted octanol–water partition coefficient (Wildman–Crippen LogP) is 7.82. The summed E-state index contributed by atoms with van der Waals surface area (Å²) in [6.45, 7) is 20.9. The normalized spacial score (nSPS) is 26.1. The second-order valence-corrected chi connectivity index (χ2v) is 16.3. The lowest BCUT2D eigenvalue weighted by molar-refractivity contribution is -0.175. The Bertz CT molecular complexity index is 1130. The lowest BCUT2D eigenvalue weighted by Gasteiger charge is -2.38. The highest BCUT2D eigenvalue weighted by Gasteiger charge is 2.63. The lowest BCUT2D eigenvalue weighted by atomic mass is 9.82. The maximum Gasteiger partial charge on any atom is 0.312 e. The molecule has 6 unspecified atom stereocenters. The number of fused-ring (bicyclic) bond motifs is 1. The maximum absolute atomic E-state index is 12.1. The minimum absolute atomic E-state index is 0.0150. The fourth-order valence-corrected chi connectivity index (χ4v) is 6.47. The smallest absolute Gasteiger partial charge is 0.312 e. The van der Waals surface area contributed by atoms with E-state index in [0.29, 0.717) is 18.3 Å². The van der Waals surface area contributed by atoms with E-state index in [4.69, 9.17) is 24.1 Å². The molecule has 0 aromatic heterocycles. The van der Waals surface area contributed by atoms with Crippen molar-refractivity contribution in [3.05, 3.63) is 0 Å². The first-order valence-electron chi connectivity index (χ1n) is 18.3. The molecule has 276 valence electrons. The van der Waals surface area contributed by atoms with Gasteiger partial charge in [0.05, 0.1) is 28.6 Å². The highest BCUT2D eigenvalue weighted by atomic mass is 16.6. The molecule has 0 amide bonds. The van der Waals surface area contributed by atoms with Gasteiger partial charge in [0.25, 0.3) is 0 Å². The number of hydrogen-bond donors (Lipinski definition) is 1. The van der Waals surface area contributed by atoms with Gasteiger partial charge in [0, 0.05) is 11.8 Å². The Morgan fingerprint density at radius 2 is 1.35 bits per heavy atom. The Hall–Kier alpha value is -2.65. The summed E-state index contributed by atoms with van der Waals surface area (Å²) in [5.41, 5.74) is -1.47. The second-order valence-electron chi connectivity index (χ2n) is 16.3. The van der Waals surface area contributed by atoms with Crippen molar-refractivity contribution in [3.63, 3.8) is 0 Å². The number of ether oxygens (including phenoxy) is 4. The zero-order chi connectivity index (χ0) is 36.7. The SMILES string of the molecule is CCC(C)(C)C(=O)OC(C)CC(=O)O.CCC(C)(C)C(=O)OC1C2CC3C(=O)OC1C3C2.CCC1(OC(=O)C(C)(C)CC)CCCCC1. The van der Waals surface area contributed by atoms with Crippen LogP contribution < -0.4 is 0 Å². The quantitative estimate of drug-likeness (QED) is 0.160. The van der Waals surface area contributed by atoms with E-state index in [2.05, 4.69) is 6.92 Å². The molecule has 6 atom stereocenters. The first-order valence-corrected chi connectivity index (χ1v) is 18.3. The average molecular weight is 681 g/mol. The molecule has 4 fully saturated rings. The van der Waals surface area contributed by atoms with Gasteiger partial charge in [-0.3, -0.25) is 24.0 Å². The standard InChI is InChI=1S/C14H20O4.C14H26O2.C10H18O4/c1-4-14(2,3)13(16)18-10-7-5-8-9(6-7)12(15)17-11(8)10;1-5-13(3,4)12(15)16-14(6-2)10-8-7-9-11-14;1-5-10(3,4)9(13)14-7(2)6-8(11)12/h7-11H,4-6H2,1-3H3;5-11H2,1-4H3;7H,5-6H2,1-4H3,(H,11,12). The fourth-order valence-electron chi connectivity index (χ4n) is 6.47. The zero-order valence-electron chi connectivity index (χ0n) is 31.6. The number of carboxylic acids is 1. The van der Waals surface area contributed by atoms with Crippen molar-refractivity contribution in [2.24, 2.45) is 34.0 Å². The third-order valence-corrected chi connectivity index (χ3v) is 11.5. The van der Waals surface area contributed by atoms with Crippen molar-refractivity contribution < 1.29 is 48.0 Å². The lowest BCUT2D eigenvalue weighted by Crippen LogP contribution is -2.40. The van der Waals surface area contributed by atoms with Crippen molar-refractivity contribution in [2.75, 3.05) is 0 Å². The van der Waals surface area contributed by atoms with Gasteiger partial charge in [-0.2, -0.15) is 0 Å². The third kappa shape index (κ3) is 10.4. The Morgan fingerprint density at radius 1 is 0.833 bits per heavy atom. The molecule has 3 aliphatic carbocycles. The highest BCUT2D eigenvalue weighted by molar-refractivity contribution is 5.79. The van der Waals surface area contributed by atoms with Crippen LogP contribution in [-0.2, 0) is 42.9 Å². The molecule has 4 rings (SSSR count). The molecule has 10 heteroatoms. The van der Waals surface area contributed by atoms with Crippen LogP contribution >= 0.6 is 0 Å². The minimum atomic E-state index is -0.959. The molecule has 10 nitrogen and oxygen atoms in total. The van der Waals surface area contributed by atoms with Gasteiger partial charge in [-0.05, 0) is 113 Å². The summed E-state index contributed by atoms with van der Waals surface area (Å²) in [5, 5.41) is 8.47. The van der Waals surface area contributed by atoms with Crippen LogP contribution in [0.25, 0.3) is 0 Å². The average Bonchev–Trinajstić information content (AvgIpc) is 3.67. The van der Waals surface area contributed by atoms with Crippen LogP contribution in [0.3, 0.4) is 0 Å². The molecule has 3 saturated carbocycles. The van der Waals surface area contributed by atoms with Crippen LogP contribution in [-0.4, -0.2) is 58.9 Å². The molecule has 0 aromatic carbocycles. The summed E-state index contributed by atoms with van der Waals surface area (Å²) >= 11 is 0. The molecule has 1 aliphatic heterocycles. The number of aliphatic carboxylic acids is 1. The van der Waals surface area contributed by atoms with Crippen LogP contribution in [0.15, 0.2) is 0 Å². The Kier molecular flexibility index (Phi) is 14.6. The Labute approximate surface area is 288 Å². The summed E-state index contributed by atoms with van der Waals surface area (Å²) < 4.78 is 21.9. The zero-order valence-corrected chi connectivity index (χ0v) is 31.6. The van der Waals surface area contributed by atoms with Gasteiger partial charge in [0.1, 0.15) is 23.9 Å². The first kappa shape index (κ1) is 41.5. The van der Waals surface area contributed by atoms with Gasteiger partial charge in [0.15, 0.2) is 0 Å². The van der Waals surface area contributed by atoms with Crippen molar-refractivity contribution in [2.45, 2.75) is 177 Å². The summed E-state index contributed by atoms with van der Waals surface area (Å²) in [4.78, 5) is 57.6. The van der Waals surface area contributed by atoms with Gasteiger partial charge in [-0.25, -0.2) is 0 Å². The number of hydrogen-bond acceptors (Lipinski definition) is 9. The van der Waals surface area contributed by atoms with Crippen molar-refractivity contribution in [1.29, 1.82) is 0 Å². The topological polar surface area (TPSA) is 143 Å². The van der Waals surface area contributed by atoms with Crippen LogP contribution in [0.4, 0.5) is 0 Å². The summed E-state index contributed by atoms with van der Waals surface area (Å²) in [6, 6.07) is 0. The fraction of sp³-hybridized carbons (Fsp3) is 0.868. The van der Waals surface area contributed by atoms with Gasteiger partial charge in [-0.15, -0.1) is 0 Å². The summed E-state index contributed by atoms with van der Waals surface area (Å²) in [6.07, 6.45) is 9.75. The minimum Gasteiger partial charge on any atom is -0.481 e. The Morgan fingerprint density at radius 3 is 1.85 bits per heavy atom. The van der Waals surface area contributed by atoms with Crippen molar-refractivity contribution >= 4 is 29.8 Å². The first-order chi connectivity index (χ1) is 22.2. The summed E-state index contributed by atoms with van der Waals surface area (Å²) in [7, 11) is 0. The summed E-state index contributed by atoms with van der Waals surface area (Å²) in [5.74, 6) is -0.859. The molecular formula is C38H64O10. The van der Waals surface area contributed by atoms with E-state index in [9.17, 15) is 24.0 Å². The van der Waals surface area contributed by atoms with Gasteiger partial charge in [-0.1, -0.05) is 34.1 Å². The maximum atomic E-state index is 12.1. The number of carbonyl (C=O) groups is 5. The number of esters is 4. The van der Waals surface area contributed by atoms with Crippen LogP contribution in [0.1, 0.15) is 153 Å². The monoisotopic (exact) mass is 680 g/mol. The molecule has 0 aromatic rings. The van der Waals surface area contributed by atoms with E-state index < -0.39 is 22.9 Å².